The molecular weight excluding hydrogens is 306 g/mol. The predicted molar refractivity (Wildman–Crippen MR) is 89.0 cm³/mol. The van der Waals surface area contributed by atoms with Crippen LogP contribution in [0.5, 0.6) is 23.0 Å². The van der Waals surface area contributed by atoms with Gasteiger partial charge in [0.2, 0.25) is 25.1 Å². The summed E-state index contributed by atoms with van der Waals surface area (Å²) in [4.78, 5) is 4.71. The van der Waals surface area contributed by atoms with Gasteiger partial charge < -0.3 is 18.9 Å². The lowest BCUT2D eigenvalue weighted by atomic mass is 10.00. The van der Waals surface area contributed by atoms with Crippen molar-refractivity contribution in [2.45, 2.75) is 0 Å². The number of benzene rings is 3. The van der Waals surface area contributed by atoms with Crippen LogP contribution in [-0.4, -0.2) is 18.6 Å². The fourth-order valence-electron chi connectivity index (χ4n) is 3.63. The lowest BCUT2D eigenvalue weighted by Crippen LogP contribution is -1.96. The van der Waals surface area contributed by atoms with Crippen molar-refractivity contribution in [1.29, 1.82) is 0 Å². The van der Waals surface area contributed by atoms with Crippen molar-refractivity contribution >= 4 is 32.4 Å². The van der Waals surface area contributed by atoms with Crippen LogP contribution in [0.25, 0.3) is 32.4 Å². The Bertz CT molecular complexity index is 1170. The van der Waals surface area contributed by atoms with Crippen LogP contribution in [0.4, 0.5) is 0 Å². The smallest absolute Gasteiger partial charge is 0.231 e. The molecule has 6 rings (SSSR count). The number of pyridine rings is 1. The van der Waals surface area contributed by atoms with Crippen molar-refractivity contribution in [3.8, 4) is 23.0 Å². The van der Waals surface area contributed by atoms with Gasteiger partial charge in [-0.2, -0.15) is 0 Å². The molecule has 116 valence electrons. The highest BCUT2D eigenvalue weighted by Crippen LogP contribution is 2.56. The van der Waals surface area contributed by atoms with Gasteiger partial charge in [0, 0.05) is 22.4 Å². The van der Waals surface area contributed by atoms with Crippen molar-refractivity contribution in [1.82, 2.24) is 4.98 Å². The van der Waals surface area contributed by atoms with Crippen LogP contribution in [0.2, 0.25) is 0 Å². The molecule has 24 heavy (non-hydrogen) atoms. The monoisotopic (exact) mass is 317 g/mol. The summed E-state index contributed by atoms with van der Waals surface area (Å²) in [7, 11) is 0. The number of fused-ring (bicyclic) bond motifs is 10. The Hall–Kier alpha value is -3.21. The molecule has 0 radical (unpaired) electrons. The fourth-order valence-corrected chi connectivity index (χ4v) is 3.63. The van der Waals surface area contributed by atoms with Crippen molar-refractivity contribution in [3.05, 3.63) is 42.6 Å². The molecule has 2 aliphatic rings. The summed E-state index contributed by atoms with van der Waals surface area (Å²) < 4.78 is 22.7. The number of hydrogen-bond acceptors (Lipinski definition) is 5. The van der Waals surface area contributed by atoms with Crippen molar-refractivity contribution in [2.75, 3.05) is 13.6 Å². The molecule has 0 spiro atoms. The van der Waals surface area contributed by atoms with E-state index >= 15 is 0 Å². The largest absolute Gasteiger partial charge is 0.453 e. The molecule has 0 fully saturated rings. The van der Waals surface area contributed by atoms with Crippen LogP contribution in [-0.2, 0) is 0 Å². The van der Waals surface area contributed by atoms with Crippen molar-refractivity contribution in [3.63, 3.8) is 0 Å². The molecule has 2 aliphatic heterocycles. The van der Waals surface area contributed by atoms with E-state index in [4.69, 9.17) is 23.9 Å². The van der Waals surface area contributed by atoms with E-state index in [0.29, 0.717) is 23.0 Å². The molecule has 1 aromatic heterocycles. The summed E-state index contributed by atoms with van der Waals surface area (Å²) >= 11 is 0. The van der Waals surface area contributed by atoms with E-state index in [2.05, 4.69) is 24.3 Å². The van der Waals surface area contributed by atoms with Gasteiger partial charge >= 0.3 is 0 Å². The van der Waals surface area contributed by atoms with Crippen LogP contribution in [0.15, 0.2) is 42.6 Å². The lowest BCUT2D eigenvalue weighted by Gasteiger charge is -2.11. The Morgan fingerprint density at radius 1 is 0.667 bits per heavy atom. The summed E-state index contributed by atoms with van der Waals surface area (Å²) in [5, 5.41) is 5.14. The minimum absolute atomic E-state index is 0.181. The van der Waals surface area contributed by atoms with Crippen LogP contribution in [0.3, 0.4) is 0 Å². The molecule has 3 aromatic carbocycles. The highest BCUT2D eigenvalue weighted by Gasteiger charge is 2.32. The molecule has 0 aliphatic carbocycles. The van der Waals surface area contributed by atoms with Gasteiger partial charge in [-0.25, -0.2) is 0 Å². The zero-order valence-electron chi connectivity index (χ0n) is 12.5. The molecule has 0 N–H and O–H groups in total. The Labute approximate surface area is 136 Å². The molecule has 0 saturated carbocycles. The average Bonchev–Trinajstić information content (AvgIpc) is 3.29. The molecule has 0 unspecified atom stereocenters. The van der Waals surface area contributed by atoms with E-state index in [-0.39, 0.29) is 13.6 Å². The maximum Gasteiger partial charge on any atom is 0.231 e. The molecule has 3 heterocycles. The SMILES string of the molecule is c1ccc2c(c1)ccc1c2ncc2c3c(c4c(c21)OCO4)OCO3. The van der Waals surface area contributed by atoms with E-state index in [1.807, 2.05) is 18.3 Å². The zero-order chi connectivity index (χ0) is 15.7. The van der Waals surface area contributed by atoms with Gasteiger partial charge in [-0.1, -0.05) is 36.4 Å². The number of rotatable bonds is 0. The number of nitrogens with zero attached hydrogens (tertiary/aromatic N) is 1. The summed E-state index contributed by atoms with van der Waals surface area (Å²) in [6.45, 7) is 0.363. The first-order chi connectivity index (χ1) is 11.9. The third kappa shape index (κ3) is 1.37. The predicted octanol–water partition coefficient (Wildman–Crippen LogP) is 4.00. The summed E-state index contributed by atoms with van der Waals surface area (Å²) in [5.41, 5.74) is 0.942. The molecule has 0 bridgehead atoms. The van der Waals surface area contributed by atoms with Crippen LogP contribution in [0, 0.1) is 0 Å². The van der Waals surface area contributed by atoms with E-state index in [9.17, 15) is 0 Å². The molecule has 0 amide bonds. The molecule has 0 saturated heterocycles. The highest BCUT2D eigenvalue weighted by molar-refractivity contribution is 6.19. The maximum atomic E-state index is 5.77. The standard InChI is InChI=1S/C19H11NO4/c1-2-4-11-10(3-1)5-6-12-14-13(7-20-15(11)12)16-18(23-8-21-16)19-17(14)22-9-24-19/h1-7H,8-9H2. The van der Waals surface area contributed by atoms with E-state index < -0.39 is 0 Å². The second-order valence-electron chi connectivity index (χ2n) is 5.86. The number of hydrogen-bond donors (Lipinski definition) is 0. The minimum atomic E-state index is 0.181. The first-order valence-corrected chi connectivity index (χ1v) is 7.73. The highest BCUT2D eigenvalue weighted by atomic mass is 16.7. The third-order valence-electron chi connectivity index (χ3n) is 4.67. The molecular formula is C19H11NO4. The van der Waals surface area contributed by atoms with Gasteiger partial charge in [-0.15, -0.1) is 0 Å². The van der Waals surface area contributed by atoms with Gasteiger partial charge in [0.25, 0.3) is 0 Å². The Balaban J connectivity index is 1.87. The minimum Gasteiger partial charge on any atom is -0.453 e. The maximum absolute atomic E-state index is 5.77. The van der Waals surface area contributed by atoms with Crippen LogP contribution < -0.4 is 18.9 Å². The van der Waals surface area contributed by atoms with Gasteiger partial charge in [0.05, 0.1) is 10.9 Å². The van der Waals surface area contributed by atoms with E-state index in [0.717, 1.165) is 32.4 Å². The fraction of sp³-hybridized carbons (Fsp3) is 0.105. The molecule has 0 atom stereocenters. The summed E-state index contributed by atoms with van der Waals surface area (Å²) in [6.07, 6.45) is 1.83. The second kappa shape index (κ2) is 4.20. The molecule has 5 heteroatoms. The van der Waals surface area contributed by atoms with Gasteiger partial charge in [-0.05, 0) is 5.39 Å². The first kappa shape index (κ1) is 12.2. The Morgan fingerprint density at radius 3 is 2.33 bits per heavy atom. The second-order valence-corrected chi connectivity index (χ2v) is 5.86. The Kier molecular flexibility index (Phi) is 2.14. The van der Waals surface area contributed by atoms with E-state index in [1.54, 1.807) is 0 Å². The third-order valence-corrected chi connectivity index (χ3v) is 4.67. The van der Waals surface area contributed by atoms with Gasteiger partial charge in [0.15, 0.2) is 11.5 Å². The van der Waals surface area contributed by atoms with Crippen molar-refractivity contribution < 1.29 is 18.9 Å². The quantitative estimate of drug-likeness (QED) is 0.459. The van der Waals surface area contributed by atoms with Gasteiger partial charge in [-0.3, -0.25) is 4.98 Å². The summed E-state index contributed by atoms with van der Waals surface area (Å²) in [5.74, 6) is 2.61. The molecule has 5 nitrogen and oxygen atoms in total. The normalized spacial score (nSPS) is 14.8. The van der Waals surface area contributed by atoms with Crippen LogP contribution in [0.1, 0.15) is 0 Å². The topological polar surface area (TPSA) is 49.8 Å². The van der Waals surface area contributed by atoms with Crippen LogP contribution >= 0.6 is 0 Å². The number of aromatic nitrogens is 1. The van der Waals surface area contributed by atoms with Gasteiger partial charge in [0.1, 0.15) is 0 Å². The molecule has 4 aromatic rings. The number of ether oxygens (including phenoxy) is 4. The van der Waals surface area contributed by atoms with E-state index in [1.165, 1.54) is 0 Å². The lowest BCUT2D eigenvalue weighted by molar-refractivity contribution is 0.158. The van der Waals surface area contributed by atoms with Crippen molar-refractivity contribution in [2.24, 2.45) is 0 Å². The average molecular weight is 317 g/mol. The first-order valence-electron chi connectivity index (χ1n) is 7.73. The Morgan fingerprint density at radius 2 is 1.42 bits per heavy atom. The zero-order valence-corrected chi connectivity index (χ0v) is 12.5. The summed E-state index contributed by atoms with van der Waals surface area (Å²) in [6, 6.07) is 12.4.